The maximum absolute atomic E-state index is 9.65. The lowest BCUT2D eigenvalue weighted by atomic mass is 9.98. The van der Waals surface area contributed by atoms with Crippen LogP contribution in [0.2, 0.25) is 0 Å². The zero-order chi connectivity index (χ0) is 41.2. The highest BCUT2D eigenvalue weighted by atomic mass is 16.3. The van der Waals surface area contributed by atoms with Gasteiger partial charge in [0.2, 0.25) is 0 Å². The molecule has 0 fully saturated rings. The molecule has 0 unspecified atom stereocenters. The van der Waals surface area contributed by atoms with Crippen LogP contribution < -0.4 is 0 Å². The molecule has 0 aliphatic carbocycles. The normalized spacial score (nSPS) is 15.2. The summed E-state index contributed by atoms with van der Waals surface area (Å²) in [7, 11) is 0. The molecule has 0 radical (unpaired) electrons. The lowest BCUT2D eigenvalue weighted by Crippen LogP contribution is -2.05. The fourth-order valence-electron chi connectivity index (χ4n) is 5.34. The molecule has 0 aliphatic heterocycles. The third-order valence-corrected chi connectivity index (χ3v) is 7.61. The molecule has 0 aliphatic rings. The van der Waals surface area contributed by atoms with Crippen LogP contribution in [0.15, 0.2) is 178 Å². The fraction of sp³-hybridized carbons (Fsp3) is 0. The summed E-state index contributed by atoms with van der Waals surface area (Å²) < 4.78 is 101. The fourth-order valence-corrected chi connectivity index (χ4v) is 5.34. The molecule has 4 nitrogen and oxygen atoms in total. The number of furan rings is 1. The molecule has 0 amide bonds. The summed E-state index contributed by atoms with van der Waals surface area (Å²) in [6, 6.07) is 23.5. The van der Waals surface area contributed by atoms with Crippen molar-refractivity contribution in [1.82, 2.24) is 0 Å². The molecular formula is C43H29N3O. The molecule has 1 N–H and O–H groups in total. The maximum Gasteiger partial charge on any atom is 0.162 e. The maximum atomic E-state index is 9.65. The summed E-state index contributed by atoms with van der Waals surface area (Å²) >= 11 is 0. The second-order valence-corrected chi connectivity index (χ2v) is 10.6. The van der Waals surface area contributed by atoms with E-state index in [0.29, 0.717) is 27.6 Å². The minimum Gasteiger partial charge on any atom is -0.456 e. The molecule has 47 heavy (non-hydrogen) atoms. The Balaban J connectivity index is 1.39. The summed E-state index contributed by atoms with van der Waals surface area (Å²) in [6.07, 6.45) is 1.47. The zero-order valence-corrected chi connectivity index (χ0v) is 24.6. The topological polar surface area (TPSA) is 61.7 Å². The average Bonchev–Trinajstić information content (AvgIpc) is 3.64. The van der Waals surface area contributed by atoms with Gasteiger partial charge < -0.3 is 4.42 Å². The van der Waals surface area contributed by atoms with E-state index in [0.717, 1.165) is 5.39 Å². The number of nitrogens with zero attached hydrogens (tertiary/aromatic N) is 2. The molecule has 0 atom stereocenters. The molecule has 0 spiro atoms. The Morgan fingerprint density at radius 1 is 0.638 bits per heavy atom. The lowest BCUT2D eigenvalue weighted by molar-refractivity contribution is 0.669. The first-order valence-corrected chi connectivity index (χ1v) is 14.7. The van der Waals surface area contributed by atoms with Gasteiger partial charge in [0.25, 0.3) is 0 Å². The van der Waals surface area contributed by atoms with Gasteiger partial charge in [-0.25, -0.2) is 9.98 Å². The van der Waals surface area contributed by atoms with E-state index < -0.39 is 42.3 Å². The number of rotatable bonds is 5. The van der Waals surface area contributed by atoms with Crippen LogP contribution in [0, 0.1) is 5.41 Å². The van der Waals surface area contributed by atoms with E-state index in [-0.39, 0.29) is 74.5 Å². The van der Waals surface area contributed by atoms with Crippen molar-refractivity contribution >= 4 is 50.6 Å². The predicted octanol–water partition coefficient (Wildman–Crippen LogP) is 11.0. The largest absolute Gasteiger partial charge is 0.456 e. The number of aliphatic imine (C=N–C) groups is 2. The van der Waals surface area contributed by atoms with E-state index in [2.05, 4.69) is 4.99 Å². The van der Waals surface area contributed by atoms with Crippen LogP contribution in [0.1, 0.15) is 31.8 Å². The summed E-state index contributed by atoms with van der Waals surface area (Å²) in [4.78, 5) is 9.41. The Morgan fingerprint density at radius 3 is 2.21 bits per heavy atom. The third kappa shape index (κ3) is 5.65. The number of nitrogens with one attached hydrogen (secondary N) is 1. The summed E-state index contributed by atoms with van der Waals surface area (Å²) in [5.41, 5.74) is 1.75. The lowest BCUT2D eigenvalue weighted by Gasteiger charge is -2.09. The number of hydrogen-bond acceptors (Lipinski definition) is 2. The monoisotopic (exact) mass is 614 g/mol. The Bertz CT molecular complexity index is 3060. The number of hydrogen-bond donors (Lipinski definition) is 1. The van der Waals surface area contributed by atoms with Crippen molar-refractivity contribution in [3.05, 3.63) is 180 Å². The standard InChI is InChI=1S/C43H29N3O/c44-42(33-16-8-3-9-17-33)46-43(45-28-29-20-21-32-22-23-34(25-35(32)24-29)30-12-4-1-5-13-30)38-26-36(31-14-6-2-7-15-31)27-40-41(38)37-18-10-11-19-39(37)47-40/h1-28,44H/i1D,4D,5D,10D,11D,12D,13D,18D,19D,26D,27D. The Morgan fingerprint density at radius 2 is 1.38 bits per heavy atom. The Kier molecular flexibility index (Phi) is 4.81. The van der Waals surface area contributed by atoms with Gasteiger partial charge in [-0.3, -0.25) is 5.41 Å². The van der Waals surface area contributed by atoms with Crippen LogP contribution in [0.5, 0.6) is 0 Å². The van der Waals surface area contributed by atoms with Crippen LogP contribution in [0.3, 0.4) is 0 Å². The highest BCUT2D eigenvalue weighted by molar-refractivity contribution is 6.23. The van der Waals surface area contributed by atoms with Crippen molar-refractivity contribution in [2.24, 2.45) is 9.98 Å². The number of benzene rings is 7. The average molecular weight is 615 g/mol. The Labute approximate surface area is 288 Å². The van der Waals surface area contributed by atoms with Gasteiger partial charge in [0.15, 0.2) is 11.7 Å². The van der Waals surface area contributed by atoms with Crippen molar-refractivity contribution in [2.75, 3.05) is 0 Å². The molecule has 1 heterocycles. The summed E-state index contributed by atoms with van der Waals surface area (Å²) in [6.45, 7) is 0. The number of amidine groups is 2. The van der Waals surface area contributed by atoms with Crippen LogP contribution in [0.25, 0.3) is 55.0 Å². The second kappa shape index (κ2) is 12.2. The zero-order valence-electron chi connectivity index (χ0n) is 35.6. The van der Waals surface area contributed by atoms with E-state index in [1.807, 2.05) is 6.07 Å². The van der Waals surface area contributed by atoms with Crippen molar-refractivity contribution in [1.29, 1.82) is 5.41 Å². The molecular weight excluding hydrogens is 574 g/mol. The van der Waals surface area contributed by atoms with Gasteiger partial charge >= 0.3 is 0 Å². The van der Waals surface area contributed by atoms with Crippen LogP contribution >= 0.6 is 0 Å². The van der Waals surface area contributed by atoms with Gasteiger partial charge in [-0.1, -0.05) is 133 Å². The van der Waals surface area contributed by atoms with E-state index >= 15 is 0 Å². The van der Waals surface area contributed by atoms with E-state index in [4.69, 9.17) is 27.2 Å². The molecule has 1 aromatic heterocycles. The van der Waals surface area contributed by atoms with Crippen molar-refractivity contribution in [3.8, 4) is 22.3 Å². The number of fused-ring (bicyclic) bond motifs is 4. The molecule has 222 valence electrons. The van der Waals surface area contributed by atoms with E-state index in [9.17, 15) is 2.74 Å². The SMILES string of the molecule is [2H]c1c([2H])c([2H])c(-c2ccc3ccc(C=NC(=NC(=N)c4ccccc4)c4c([2H])c(-c5ccccc5)c([2H])c5oc6c([2H])c([2H])c([2H])c([2H])c6c45)cc3c2)c([2H])c1[2H]. The van der Waals surface area contributed by atoms with Gasteiger partial charge in [-0.15, -0.1) is 0 Å². The highest BCUT2D eigenvalue weighted by Crippen LogP contribution is 2.36. The predicted molar refractivity (Wildman–Crippen MR) is 196 cm³/mol. The van der Waals surface area contributed by atoms with Crippen molar-refractivity contribution < 1.29 is 19.5 Å². The third-order valence-electron chi connectivity index (χ3n) is 7.61. The van der Waals surface area contributed by atoms with Gasteiger partial charge in [0.05, 0.1) is 15.1 Å². The molecule has 4 heteroatoms. The van der Waals surface area contributed by atoms with Crippen LogP contribution in [-0.4, -0.2) is 17.9 Å². The van der Waals surface area contributed by atoms with E-state index in [1.165, 1.54) is 6.21 Å². The number of para-hydroxylation sites is 1. The van der Waals surface area contributed by atoms with Gasteiger partial charge in [0, 0.05) is 28.1 Å². The van der Waals surface area contributed by atoms with Gasteiger partial charge in [0.1, 0.15) is 11.2 Å². The first-order valence-electron chi connectivity index (χ1n) is 20.2. The first kappa shape index (κ1) is 18.5. The van der Waals surface area contributed by atoms with Crippen molar-refractivity contribution in [3.63, 3.8) is 0 Å². The van der Waals surface area contributed by atoms with E-state index in [1.54, 1.807) is 91.0 Å². The minimum absolute atomic E-state index is 0.0187. The second-order valence-electron chi connectivity index (χ2n) is 10.6. The summed E-state index contributed by atoms with van der Waals surface area (Å²) in [5.74, 6) is -0.378. The highest BCUT2D eigenvalue weighted by Gasteiger charge is 2.18. The first-order chi connectivity index (χ1) is 27.8. The minimum atomic E-state index is -0.533. The molecule has 0 bridgehead atoms. The smallest absolute Gasteiger partial charge is 0.162 e. The van der Waals surface area contributed by atoms with Gasteiger partial charge in [-0.2, -0.15) is 0 Å². The quantitative estimate of drug-likeness (QED) is 0.152. The van der Waals surface area contributed by atoms with Crippen LogP contribution in [-0.2, 0) is 0 Å². The molecule has 0 saturated heterocycles. The summed E-state index contributed by atoms with van der Waals surface area (Å²) in [5, 5.41) is 10.4. The molecule has 7 aromatic carbocycles. The molecule has 0 saturated carbocycles. The van der Waals surface area contributed by atoms with Gasteiger partial charge in [-0.05, 0) is 68.8 Å². The molecule has 8 aromatic rings. The van der Waals surface area contributed by atoms with Crippen LogP contribution in [0.4, 0.5) is 0 Å². The van der Waals surface area contributed by atoms with Crippen molar-refractivity contribution in [2.45, 2.75) is 0 Å². The molecule has 8 rings (SSSR count). The Hall–Kier alpha value is -6.39.